The number of hydrogen-bond donors (Lipinski definition) is 1. The van der Waals surface area contributed by atoms with E-state index in [2.05, 4.69) is 6.92 Å². The fraction of sp³-hybridized carbons (Fsp3) is 0.520. The van der Waals surface area contributed by atoms with Crippen LogP contribution in [0.5, 0.6) is 17.2 Å². The van der Waals surface area contributed by atoms with Gasteiger partial charge in [-0.2, -0.15) is 8.42 Å². The molecule has 0 aromatic heterocycles. The number of benzene rings is 2. The Balaban J connectivity index is 0.00000512. The third-order valence-corrected chi connectivity index (χ3v) is 6.33. The molecule has 5 nitrogen and oxygen atoms in total. The molecule has 0 aliphatic carbocycles. The Morgan fingerprint density at radius 1 is 0.812 bits per heavy atom. The van der Waals surface area contributed by atoms with Crippen LogP contribution in [0.15, 0.2) is 47.4 Å². The summed E-state index contributed by atoms with van der Waals surface area (Å²) in [6, 6.07) is 11.5. The van der Waals surface area contributed by atoms with Crippen LogP contribution in [0.3, 0.4) is 0 Å². The summed E-state index contributed by atoms with van der Waals surface area (Å²) >= 11 is 0. The van der Waals surface area contributed by atoms with Crippen molar-refractivity contribution in [2.75, 3.05) is 0 Å². The van der Waals surface area contributed by atoms with Crippen molar-refractivity contribution >= 4 is 10.1 Å². The molecule has 0 bridgehead atoms. The van der Waals surface area contributed by atoms with Crippen molar-refractivity contribution in [3.05, 3.63) is 48.0 Å². The molecule has 0 aliphatic heterocycles. The SMILES string of the molecule is CCCCCCCCCCCCCc1ccc(S(=O)(=O)O)c([O-])c1Oc1ccccc1.[K+]. The zero-order valence-corrected chi connectivity index (χ0v) is 23.5. The average molecular weight is 487 g/mol. The maximum atomic E-state index is 12.7. The summed E-state index contributed by atoms with van der Waals surface area (Å²) in [4.78, 5) is -0.652. The summed E-state index contributed by atoms with van der Waals surface area (Å²) in [5.74, 6) is -0.368. The number of aryl methyl sites for hydroxylation is 1. The molecule has 0 amide bonds. The fourth-order valence-corrected chi connectivity index (χ4v) is 4.25. The van der Waals surface area contributed by atoms with Crippen LogP contribution >= 0.6 is 0 Å². The Hall–Kier alpha value is -0.414. The van der Waals surface area contributed by atoms with E-state index in [9.17, 15) is 18.1 Å². The van der Waals surface area contributed by atoms with Crippen LogP contribution in [0.4, 0.5) is 0 Å². The number of rotatable bonds is 15. The van der Waals surface area contributed by atoms with Crippen molar-refractivity contribution < 1.29 is 74.2 Å². The zero-order valence-electron chi connectivity index (χ0n) is 19.5. The van der Waals surface area contributed by atoms with Crippen molar-refractivity contribution in [2.45, 2.75) is 88.9 Å². The van der Waals surface area contributed by atoms with Gasteiger partial charge in [-0.05, 0) is 42.4 Å². The standard InChI is InChI=1S/C25H36O5S.K/c1-2-3-4-5-6-7-8-9-10-11-13-16-21-19-20-23(31(27,28)29)24(26)25(21)30-22-17-14-12-15-18-22;/h12,14-15,17-20,26H,2-11,13,16H2,1H3,(H,27,28,29);/q;+1/p-1. The third-order valence-electron chi connectivity index (χ3n) is 5.45. The summed E-state index contributed by atoms with van der Waals surface area (Å²) in [7, 11) is -4.60. The Labute approximate surface area is 236 Å². The summed E-state index contributed by atoms with van der Waals surface area (Å²) in [5.41, 5.74) is 0.664. The van der Waals surface area contributed by atoms with Crippen LogP contribution in [0.1, 0.15) is 83.1 Å². The molecule has 0 heterocycles. The molecular weight excluding hydrogens is 451 g/mol. The molecule has 32 heavy (non-hydrogen) atoms. The Bertz CT molecular complexity index is 885. The van der Waals surface area contributed by atoms with Crippen LogP contribution in [-0.2, 0) is 16.5 Å². The molecule has 0 unspecified atom stereocenters. The molecular formula is C25H35KO5S. The largest absolute Gasteiger partial charge is 1.00 e. The van der Waals surface area contributed by atoms with Gasteiger partial charge in [0, 0.05) is 0 Å². The van der Waals surface area contributed by atoms with E-state index in [1.165, 1.54) is 57.4 Å². The van der Waals surface area contributed by atoms with Gasteiger partial charge in [0.1, 0.15) is 11.5 Å². The predicted molar refractivity (Wildman–Crippen MR) is 122 cm³/mol. The molecule has 0 saturated carbocycles. The van der Waals surface area contributed by atoms with Gasteiger partial charge in [0.2, 0.25) is 0 Å². The summed E-state index contributed by atoms with van der Waals surface area (Å²) in [6.07, 6.45) is 14.1. The van der Waals surface area contributed by atoms with E-state index < -0.39 is 20.8 Å². The zero-order chi connectivity index (χ0) is 22.5. The second kappa shape index (κ2) is 16.3. The van der Waals surface area contributed by atoms with Crippen LogP contribution in [0.25, 0.3) is 0 Å². The van der Waals surface area contributed by atoms with E-state index in [1.807, 2.05) is 6.07 Å². The van der Waals surface area contributed by atoms with Crippen LogP contribution < -0.4 is 61.2 Å². The topological polar surface area (TPSA) is 86.7 Å². The molecule has 0 spiro atoms. The van der Waals surface area contributed by atoms with Crippen molar-refractivity contribution in [1.82, 2.24) is 0 Å². The van der Waals surface area contributed by atoms with Crippen molar-refractivity contribution in [2.24, 2.45) is 0 Å². The molecule has 7 heteroatoms. The molecule has 0 fully saturated rings. The van der Waals surface area contributed by atoms with E-state index >= 15 is 0 Å². The molecule has 2 rings (SSSR count). The quantitative estimate of drug-likeness (QED) is 0.236. The molecule has 172 valence electrons. The predicted octanol–water partition coefficient (Wildman–Crippen LogP) is 3.66. The average Bonchev–Trinajstić information content (AvgIpc) is 2.74. The Morgan fingerprint density at radius 2 is 1.34 bits per heavy atom. The third kappa shape index (κ3) is 10.7. The normalized spacial score (nSPS) is 11.2. The van der Waals surface area contributed by atoms with Crippen molar-refractivity contribution in [3.8, 4) is 17.2 Å². The maximum absolute atomic E-state index is 12.7. The van der Waals surface area contributed by atoms with E-state index in [1.54, 1.807) is 30.3 Å². The first-order valence-electron chi connectivity index (χ1n) is 11.5. The number of ether oxygens (including phenoxy) is 1. The number of unbranched alkanes of at least 4 members (excludes halogenated alkanes) is 10. The molecule has 0 radical (unpaired) electrons. The van der Waals surface area contributed by atoms with Gasteiger partial charge in [0.15, 0.2) is 0 Å². The van der Waals surface area contributed by atoms with Gasteiger partial charge in [-0.15, -0.1) is 0 Å². The van der Waals surface area contributed by atoms with Gasteiger partial charge in [-0.1, -0.05) is 95.4 Å². The second-order valence-electron chi connectivity index (χ2n) is 8.06. The van der Waals surface area contributed by atoms with E-state index in [0.717, 1.165) is 19.3 Å². The monoisotopic (exact) mass is 486 g/mol. The molecule has 1 N–H and O–H groups in total. The minimum absolute atomic E-state index is 0. The second-order valence-corrected chi connectivity index (χ2v) is 9.45. The van der Waals surface area contributed by atoms with Crippen molar-refractivity contribution in [1.29, 1.82) is 0 Å². The molecule has 2 aromatic rings. The van der Waals surface area contributed by atoms with Gasteiger partial charge in [0.05, 0.1) is 4.90 Å². The summed E-state index contributed by atoms with van der Waals surface area (Å²) in [6.45, 7) is 2.23. The molecule has 2 aromatic carbocycles. The fourth-order valence-electron chi connectivity index (χ4n) is 3.68. The molecule has 0 aliphatic rings. The van der Waals surface area contributed by atoms with Gasteiger partial charge >= 0.3 is 51.4 Å². The first kappa shape index (κ1) is 29.6. The van der Waals surface area contributed by atoms with Gasteiger partial charge in [0.25, 0.3) is 10.1 Å². The van der Waals surface area contributed by atoms with Crippen LogP contribution in [0, 0.1) is 0 Å². The summed E-state index contributed by atoms with van der Waals surface area (Å²) < 4.78 is 38.1. The number of para-hydroxylation sites is 1. The maximum Gasteiger partial charge on any atom is 1.00 e. The van der Waals surface area contributed by atoms with E-state index in [-0.39, 0.29) is 57.1 Å². The Morgan fingerprint density at radius 3 is 1.88 bits per heavy atom. The smallest absolute Gasteiger partial charge is 0.869 e. The first-order chi connectivity index (χ1) is 14.9. The molecule has 0 atom stereocenters. The summed E-state index contributed by atoms with van der Waals surface area (Å²) in [5, 5.41) is 12.7. The minimum Gasteiger partial charge on any atom is -0.869 e. The first-order valence-corrected chi connectivity index (χ1v) is 12.9. The van der Waals surface area contributed by atoms with Crippen molar-refractivity contribution in [3.63, 3.8) is 0 Å². The van der Waals surface area contributed by atoms with Crippen LogP contribution in [0.2, 0.25) is 0 Å². The van der Waals surface area contributed by atoms with E-state index in [4.69, 9.17) is 4.74 Å². The van der Waals surface area contributed by atoms with Gasteiger partial charge in [-0.3, -0.25) is 4.55 Å². The van der Waals surface area contributed by atoms with Crippen LogP contribution in [-0.4, -0.2) is 13.0 Å². The van der Waals surface area contributed by atoms with Gasteiger partial charge in [-0.25, -0.2) is 0 Å². The Kier molecular flexibility index (Phi) is 15.0. The van der Waals surface area contributed by atoms with E-state index in [0.29, 0.717) is 17.7 Å². The van der Waals surface area contributed by atoms with Gasteiger partial charge < -0.3 is 9.84 Å². The molecule has 0 saturated heterocycles. The number of hydrogen-bond acceptors (Lipinski definition) is 4. The minimum atomic E-state index is -4.60.